The van der Waals surface area contributed by atoms with Crippen molar-refractivity contribution in [2.24, 2.45) is 5.92 Å². The molecule has 2 amide bonds. The second kappa shape index (κ2) is 9.88. The van der Waals surface area contributed by atoms with Gasteiger partial charge in [-0.05, 0) is 35.4 Å². The number of rotatable bonds is 6. The van der Waals surface area contributed by atoms with E-state index in [9.17, 15) is 9.59 Å². The van der Waals surface area contributed by atoms with Gasteiger partial charge < -0.3 is 15.0 Å². The molecule has 5 nitrogen and oxygen atoms in total. The third-order valence-corrected chi connectivity index (χ3v) is 6.23. The van der Waals surface area contributed by atoms with Crippen LogP contribution in [0.1, 0.15) is 27.4 Å². The maximum absolute atomic E-state index is 13.2. The molecule has 1 N–H and O–H groups in total. The highest BCUT2D eigenvalue weighted by atomic mass is 35.5. The monoisotopic (exact) mass is 448 g/mol. The van der Waals surface area contributed by atoms with Crippen molar-refractivity contribution in [2.75, 3.05) is 20.2 Å². The van der Waals surface area contributed by atoms with Crippen molar-refractivity contribution in [3.05, 3.63) is 101 Å². The first-order valence-corrected chi connectivity index (χ1v) is 10.9. The molecule has 6 heteroatoms. The van der Waals surface area contributed by atoms with Crippen LogP contribution < -0.4 is 10.1 Å². The van der Waals surface area contributed by atoms with E-state index in [4.69, 9.17) is 16.3 Å². The molecule has 0 aliphatic carbocycles. The molecule has 0 aromatic heterocycles. The molecule has 1 heterocycles. The van der Waals surface area contributed by atoms with Gasteiger partial charge in [-0.3, -0.25) is 9.59 Å². The fourth-order valence-corrected chi connectivity index (χ4v) is 4.36. The van der Waals surface area contributed by atoms with E-state index in [-0.39, 0.29) is 23.7 Å². The van der Waals surface area contributed by atoms with Gasteiger partial charge in [-0.25, -0.2) is 0 Å². The van der Waals surface area contributed by atoms with Crippen LogP contribution in [0.25, 0.3) is 0 Å². The van der Waals surface area contributed by atoms with E-state index in [2.05, 4.69) is 5.32 Å². The number of likely N-dealkylation sites (tertiary alicyclic amines) is 1. The molecular weight excluding hydrogens is 424 g/mol. The summed E-state index contributed by atoms with van der Waals surface area (Å²) in [5.74, 6) is 0.0408. The van der Waals surface area contributed by atoms with Crippen LogP contribution in [0.3, 0.4) is 0 Å². The lowest BCUT2D eigenvalue weighted by Gasteiger charge is -2.18. The molecule has 164 valence electrons. The number of nitrogens with zero attached hydrogens (tertiary/aromatic N) is 1. The standard InChI is InChI=1S/C26H25ClN2O3/c1-32-20-13-11-19(12-14-20)22-16-29(26(31)21-9-5-6-10-24(21)27)17-23(22)25(30)28-15-18-7-3-2-4-8-18/h2-14,22-23H,15-17H2,1H3,(H,28,30)/t22-,23-/m1/s1. The van der Waals surface area contributed by atoms with Gasteiger partial charge >= 0.3 is 0 Å². The summed E-state index contributed by atoms with van der Waals surface area (Å²) in [4.78, 5) is 28.1. The quantitative estimate of drug-likeness (QED) is 0.603. The maximum Gasteiger partial charge on any atom is 0.255 e. The zero-order chi connectivity index (χ0) is 22.5. The molecule has 0 radical (unpaired) electrons. The second-order valence-electron chi connectivity index (χ2n) is 7.88. The minimum Gasteiger partial charge on any atom is -0.497 e. The highest BCUT2D eigenvalue weighted by Crippen LogP contribution is 2.35. The molecule has 0 spiro atoms. The molecule has 3 aromatic rings. The summed E-state index contributed by atoms with van der Waals surface area (Å²) in [5, 5.41) is 3.46. The zero-order valence-electron chi connectivity index (χ0n) is 17.8. The Morgan fingerprint density at radius 3 is 2.34 bits per heavy atom. The molecule has 32 heavy (non-hydrogen) atoms. The Hall–Kier alpha value is -3.31. The van der Waals surface area contributed by atoms with E-state index in [1.807, 2.05) is 54.6 Å². The zero-order valence-corrected chi connectivity index (χ0v) is 18.6. The molecule has 0 bridgehead atoms. The molecule has 1 fully saturated rings. The van der Waals surface area contributed by atoms with Gasteiger partial charge in [-0.2, -0.15) is 0 Å². The van der Waals surface area contributed by atoms with Crippen molar-refractivity contribution in [1.29, 1.82) is 0 Å². The molecule has 4 rings (SSSR count). The summed E-state index contributed by atoms with van der Waals surface area (Å²) in [6.45, 7) is 1.23. The van der Waals surface area contributed by atoms with Crippen LogP contribution in [0, 0.1) is 5.92 Å². The number of benzene rings is 3. The number of carbonyl (C=O) groups is 2. The second-order valence-corrected chi connectivity index (χ2v) is 8.29. The summed E-state index contributed by atoms with van der Waals surface area (Å²) in [6, 6.07) is 24.5. The van der Waals surface area contributed by atoms with Crippen LogP contribution in [0.2, 0.25) is 5.02 Å². The number of ether oxygens (including phenoxy) is 1. The van der Waals surface area contributed by atoms with E-state index in [0.717, 1.165) is 16.9 Å². The van der Waals surface area contributed by atoms with Gasteiger partial charge in [-0.15, -0.1) is 0 Å². The van der Waals surface area contributed by atoms with Crippen LogP contribution in [0.4, 0.5) is 0 Å². The smallest absolute Gasteiger partial charge is 0.255 e. The van der Waals surface area contributed by atoms with E-state index < -0.39 is 0 Å². The Kier molecular flexibility index (Phi) is 6.76. The number of halogens is 1. The highest BCUT2D eigenvalue weighted by Gasteiger charge is 2.40. The third-order valence-electron chi connectivity index (χ3n) is 5.90. The Balaban J connectivity index is 1.56. The summed E-state index contributed by atoms with van der Waals surface area (Å²) in [7, 11) is 1.62. The summed E-state index contributed by atoms with van der Waals surface area (Å²) in [6.07, 6.45) is 0. The van der Waals surface area contributed by atoms with Crippen LogP contribution in [0.15, 0.2) is 78.9 Å². The average molecular weight is 449 g/mol. The van der Waals surface area contributed by atoms with Crippen molar-refractivity contribution in [3.63, 3.8) is 0 Å². The van der Waals surface area contributed by atoms with Crippen molar-refractivity contribution < 1.29 is 14.3 Å². The number of hydrogen-bond acceptors (Lipinski definition) is 3. The number of nitrogens with one attached hydrogen (secondary N) is 1. The SMILES string of the molecule is COc1ccc([C@H]2CN(C(=O)c3ccccc3Cl)C[C@H]2C(=O)NCc2ccccc2)cc1. The Labute approximate surface area is 193 Å². The number of carbonyl (C=O) groups excluding carboxylic acids is 2. The normalized spacial score (nSPS) is 17.8. The van der Waals surface area contributed by atoms with Gasteiger partial charge in [0.15, 0.2) is 0 Å². The maximum atomic E-state index is 13.2. The fraction of sp³-hybridized carbons (Fsp3) is 0.231. The van der Waals surface area contributed by atoms with Gasteiger partial charge in [0.05, 0.1) is 23.6 Å². The minimum absolute atomic E-state index is 0.0656. The van der Waals surface area contributed by atoms with Crippen LogP contribution in [0.5, 0.6) is 5.75 Å². The Morgan fingerprint density at radius 1 is 0.969 bits per heavy atom. The average Bonchev–Trinajstić information content (AvgIpc) is 3.29. The van der Waals surface area contributed by atoms with Crippen LogP contribution in [-0.4, -0.2) is 36.9 Å². The molecule has 1 saturated heterocycles. The van der Waals surface area contributed by atoms with Crippen molar-refractivity contribution in [2.45, 2.75) is 12.5 Å². The van der Waals surface area contributed by atoms with Gasteiger partial charge in [0, 0.05) is 25.6 Å². The number of methoxy groups -OCH3 is 1. The van der Waals surface area contributed by atoms with Crippen LogP contribution in [-0.2, 0) is 11.3 Å². The van der Waals surface area contributed by atoms with Gasteiger partial charge in [0.1, 0.15) is 5.75 Å². The summed E-state index contributed by atoms with van der Waals surface area (Å²) < 4.78 is 5.27. The van der Waals surface area contributed by atoms with Crippen molar-refractivity contribution in [1.82, 2.24) is 10.2 Å². The van der Waals surface area contributed by atoms with Gasteiger partial charge in [0.2, 0.25) is 5.91 Å². The molecule has 0 unspecified atom stereocenters. The van der Waals surface area contributed by atoms with Crippen LogP contribution >= 0.6 is 11.6 Å². The predicted octanol–water partition coefficient (Wildman–Crippen LogP) is 4.52. The Bertz CT molecular complexity index is 1090. The first kappa shape index (κ1) is 21.9. The predicted molar refractivity (Wildman–Crippen MR) is 125 cm³/mol. The molecule has 1 aliphatic rings. The van der Waals surface area contributed by atoms with E-state index >= 15 is 0 Å². The number of amides is 2. The van der Waals surface area contributed by atoms with Gasteiger partial charge in [0.25, 0.3) is 5.91 Å². The van der Waals surface area contributed by atoms with E-state index in [1.165, 1.54) is 0 Å². The number of hydrogen-bond donors (Lipinski definition) is 1. The Morgan fingerprint density at radius 2 is 1.66 bits per heavy atom. The largest absolute Gasteiger partial charge is 0.497 e. The lowest BCUT2D eigenvalue weighted by atomic mass is 9.88. The van der Waals surface area contributed by atoms with Crippen molar-refractivity contribution >= 4 is 23.4 Å². The topological polar surface area (TPSA) is 58.6 Å². The molecule has 2 atom stereocenters. The van der Waals surface area contributed by atoms with Crippen molar-refractivity contribution in [3.8, 4) is 5.75 Å². The molecular formula is C26H25ClN2O3. The third kappa shape index (κ3) is 4.78. The first-order chi connectivity index (χ1) is 15.6. The van der Waals surface area contributed by atoms with Gasteiger partial charge in [-0.1, -0.05) is 66.2 Å². The molecule has 3 aromatic carbocycles. The lowest BCUT2D eigenvalue weighted by molar-refractivity contribution is -0.125. The lowest BCUT2D eigenvalue weighted by Crippen LogP contribution is -2.35. The van der Waals surface area contributed by atoms with E-state index in [0.29, 0.717) is 30.2 Å². The molecule has 0 saturated carbocycles. The van der Waals surface area contributed by atoms with E-state index in [1.54, 1.807) is 36.3 Å². The summed E-state index contributed by atoms with van der Waals surface area (Å²) in [5.41, 5.74) is 2.48. The summed E-state index contributed by atoms with van der Waals surface area (Å²) >= 11 is 6.26. The minimum atomic E-state index is -0.362. The first-order valence-electron chi connectivity index (χ1n) is 10.6. The fourth-order valence-electron chi connectivity index (χ4n) is 4.15. The highest BCUT2D eigenvalue weighted by molar-refractivity contribution is 6.33. The molecule has 1 aliphatic heterocycles.